The Labute approximate surface area is 157 Å². The molecule has 3 aromatic rings. The molecule has 1 amide bonds. The summed E-state index contributed by atoms with van der Waals surface area (Å²) in [6.45, 7) is 1.55. The number of aromatic nitrogens is 3. The molecule has 0 N–H and O–H groups in total. The Balaban J connectivity index is 1.40. The first-order chi connectivity index (χ1) is 12.6. The van der Waals surface area contributed by atoms with Crippen LogP contribution in [0.3, 0.4) is 0 Å². The zero-order valence-electron chi connectivity index (χ0n) is 13.9. The van der Waals surface area contributed by atoms with Gasteiger partial charge in [-0.05, 0) is 37.1 Å². The summed E-state index contributed by atoms with van der Waals surface area (Å²) in [6, 6.07) is 6.34. The Kier molecular flexibility index (Phi) is 4.73. The first-order valence-electron chi connectivity index (χ1n) is 8.07. The smallest absolute Gasteiger partial charge is 0.225 e. The largest absolute Gasteiger partial charge is 0.440 e. The average Bonchev–Trinajstić information content (AvgIpc) is 3.15. The first kappa shape index (κ1) is 17.2. The molecule has 2 heterocycles. The molecule has 6 nitrogen and oxygen atoms in total. The molecule has 0 saturated heterocycles. The second kappa shape index (κ2) is 7.16. The van der Waals surface area contributed by atoms with Crippen LogP contribution in [0.15, 0.2) is 39.2 Å². The van der Waals surface area contributed by atoms with Gasteiger partial charge in [0.25, 0.3) is 0 Å². The van der Waals surface area contributed by atoms with Crippen molar-refractivity contribution in [1.82, 2.24) is 15.2 Å². The van der Waals surface area contributed by atoms with Gasteiger partial charge in [-0.3, -0.25) is 9.69 Å². The molecule has 1 saturated carbocycles. The maximum absolute atomic E-state index is 13.0. The van der Waals surface area contributed by atoms with Crippen molar-refractivity contribution in [2.75, 3.05) is 4.90 Å². The third kappa shape index (κ3) is 3.78. The lowest BCUT2D eigenvalue weighted by Crippen LogP contribution is -2.30. The minimum atomic E-state index is -0.290. The molecular formula is C17H15FN4O2S2. The predicted octanol–water partition coefficient (Wildman–Crippen LogP) is 4.14. The lowest BCUT2D eigenvalue weighted by Gasteiger charge is -2.15. The van der Waals surface area contributed by atoms with Crippen LogP contribution >= 0.6 is 23.1 Å². The topological polar surface area (TPSA) is 72.1 Å². The van der Waals surface area contributed by atoms with Gasteiger partial charge in [-0.15, -0.1) is 10.2 Å². The van der Waals surface area contributed by atoms with Crippen molar-refractivity contribution in [3.05, 3.63) is 42.2 Å². The highest BCUT2D eigenvalue weighted by atomic mass is 32.2. The predicted molar refractivity (Wildman–Crippen MR) is 97.5 cm³/mol. The molecule has 1 aliphatic carbocycles. The summed E-state index contributed by atoms with van der Waals surface area (Å²) < 4.78 is 19.5. The number of carbonyl (C=O) groups excluding carboxylic acids is 1. The molecular weight excluding hydrogens is 375 g/mol. The van der Waals surface area contributed by atoms with Crippen LogP contribution < -0.4 is 4.90 Å². The number of hydrogen-bond acceptors (Lipinski definition) is 7. The van der Waals surface area contributed by atoms with Gasteiger partial charge in [0.1, 0.15) is 5.82 Å². The summed E-state index contributed by atoms with van der Waals surface area (Å²) in [5, 5.41) is 8.93. The molecule has 0 unspecified atom stereocenters. The van der Waals surface area contributed by atoms with E-state index in [1.807, 2.05) is 0 Å². The van der Waals surface area contributed by atoms with Gasteiger partial charge in [0.05, 0.1) is 11.9 Å². The van der Waals surface area contributed by atoms with E-state index in [1.54, 1.807) is 30.2 Å². The van der Waals surface area contributed by atoms with Crippen LogP contribution in [0, 0.1) is 5.82 Å². The van der Waals surface area contributed by atoms with Crippen molar-refractivity contribution < 1.29 is 13.6 Å². The molecule has 0 spiro atoms. The van der Waals surface area contributed by atoms with Gasteiger partial charge in [0, 0.05) is 18.5 Å². The number of oxazole rings is 1. The van der Waals surface area contributed by atoms with Gasteiger partial charge in [0.2, 0.25) is 16.9 Å². The summed E-state index contributed by atoms with van der Waals surface area (Å²) in [6.07, 6.45) is 3.66. The number of hydrogen-bond donors (Lipinski definition) is 0. The van der Waals surface area contributed by atoms with Crippen molar-refractivity contribution >= 4 is 34.1 Å². The quantitative estimate of drug-likeness (QED) is 0.465. The minimum Gasteiger partial charge on any atom is -0.440 e. The zero-order chi connectivity index (χ0) is 18.1. The van der Waals surface area contributed by atoms with E-state index in [0.717, 1.165) is 22.7 Å². The van der Waals surface area contributed by atoms with Gasteiger partial charge in [-0.2, -0.15) is 0 Å². The highest BCUT2D eigenvalue weighted by molar-refractivity contribution is 8.00. The van der Waals surface area contributed by atoms with Crippen molar-refractivity contribution in [3.8, 4) is 11.3 Å². The molecule has 9 heteroatoms. The summed E-state index contributed by atoms with van der Waals surface area (Å²) in [5.41, 5.74) is 0.773. The fourth-order valence-corrected chi connectivity index (χ4v) is 4.30. The SMILES string of the molecule is CC(=O)N(c1nnc(SCc2ncc(-c3ccc(F)cc3)o2)s1)C1CC1. The number of carbonyl (C=O) groups is 1. The average molecular weight is 390 g/mol. The molecule has 4 rings (SSSR count). The molecule has 26 heavy (non-hydrogen) atoms. The third-order valence-corrected chi connectivity index (χ3v) is 5.90. The molecule has 1 aliphatic rings. The zero-order valence-corrected chi connectivity index (χ0v) is 15.5. The Morgan fingerprint density at radius 2 is 2.12 bits per heavy atom. The van der Waals surface area contributed by atoms with Crippen LogP contribution in [-0.2, 0) is 10.5 Å². The van der Waals surface area contributed by atoms with E-state index in [4.69, 9.17) is 4.42 Å². The van der Waals surface area contributed by atoms with E-state index in [0.29, 0.717) is 22.5 Å². The second-order valence-electron chi connectivity index (χ2n) is 5.88. The third-order valence-electron chi connectivity index (χ3n) is 3.85. The summed E-state index contributed by atoms with van der Waals surface area (Å²) >= 11 is 2.85. The van der Waals surface area contributed by atoms with E-state index in [9.17, 15) is 9.18 Å². The second-order valence-corrected chi connectivity index (χ2v) is 8.06. The summed E-state index contributed by atoms with van der Waals surface area (Å²) in [4.78, 5) is 17.8. The highest BCUT2D eigenvalue weighted by Gasteiger charge is 2.34. The van der Waals surface area contributed by atoms with E-state index in [2.05, 4.69) is 15.2 Å². The maximum Gasteiger partial charge on any atom is 0.225 e. The van der Waals surface area contributed by atoms with Crippen molar-refractivity contribution in [2.45, 2.75) is 35.9 Å². The van der Waals surface area contributed by atoms with Gasteiger partial charge in [-0.25, -0.2) is 9.37 Å². The van der Waals surface area contributed by atoms with Gasteiger partial charge >= 0.3 is 0 Å². The number of nitrogens with zero attached hydrogens (tertiary/aromatic N) is 4. The first-order valence-corrected chi connectivity index (χ1v) is 9.87. The standard InChI is InChI=1S/C17H15FN4O2S2/c1-10(23)22(13-6-7-13)16-20-21-17(26-16)25-9-15-19-8-14(24-15)11-2-4-12(18)5-3-11/h2-5,8,13H,6-7,9H2,1H3. The molecule has 134 valence electrons. The summed E-state index contributed by atoms with van der Waals surface area (Å²) in [7, 11) is 0. The number of amides is 1. The van der Waals surface area contributed by atoms with Crippen LogP contribution in [-0.4, -0.2) is 27.1 Å². The van der Waals surface area contributed by atoms with Crippen LogP contribution in [0.1, 0.15) is 25.7 Å². The van der Waals surface area contributed by atoms with Crippen LogP contribution in [0.25, 0.3) is 11.3 Å². The number of halogens is 1. The van der Waals surface area contributed by atoms with E-state index in [-0.39, 0.29) is 17.8 Å². The van der Waals surface area contributed by atoms with Crippen molar-refractivity contribution in [2.24, 2.45) is 0 Å². The molecule has 0 atom stereocenters. The highest BCUT2D eigenvalue weighted by Crippen LogP contribution is 2.36. The fraction of sp³-hybridized carbons (Fsp3) is 0.294. The molecule has 1 aromatic carbocycles. The summed E-state index contributed by atoms with van der Waals surface area (Å²) in [5.74, 6) is 1.35. The van der Waals surface area contributed by atoms with Crippen LogP contribution in [0.4, 0.5) is 9.52 Å². The Morgan fingerprint density at radius 1 is 1.35 bits per heavy atom. The van der Waals surface area contributed by atoms with Crippen LogP contribution in [0.2, 0.25) is 0 Å². The van der Waals surface area contributed by atoms with Gasteiger partial charge in [0.15, 0.2) is 10.1 Å². The Hall–Kier alpha value is -2.26. The molecule has 2 aromatic heterocycles. The number of benzene rings is 1. The van der Waals surface area contributed by atoms with E-state index < -0.39 is 0 Å². The van der Waals surface area contributed by atoms with Gasteiger partial charge in [-0.1, -0.05) is 23.1 Å². The molecule has 0 aliphatic heterocycles. The molecule has 0 radical (unpaired) electrons. The maximum atomic E-state index is 13.0. The Bertz CT molecular complexity index is 921. The molecule has 0 bridgehead atoms. The van der Waals surface area contributed by atoms with E-state index in [1.165, 1.54) is 35.2 Å². The number of anilines is 1. The van der Waals surface area contributed by atoms with Crippen molar-refractivity contribution in [1.29, 1.82) is 0 Å². The lowest BCUT2D eigenvalue weighted by molar-refractivity contribution is -0.116. The lowest BCUT2D eigenvalue weighted by atomic mass is 10.2. The minimum absolute atomic E-state index is 0.00293. The van der Waals surface area contributed by atoms with Crippen LogP contribution in [0.5, 0.6) is 0 Å². The Morgan fingerprint density at radius 3 is 2.81 bits per heavy atom. The molecule has 1 fully saturated rings. The van der Waals surface area contributed by atoms with Crippen molar-refractivity contribution in [3.63, 3.8) is 0 Å². The van der Waals surface area contributed by atoms with E-state index >= 15 is 0 Å². The fourth-order valence-electron chi connectivity index (χ4n) is 2.49. The van der Waals surface area contributed by atoms with Gasteiger partial charge < -0.3 is 4.42 Å². The number of thioether (sulfide) groups is 1. The monoisotopic (exact) mass is 390 g/mol. The normalized spacial score (nSPS) is 13.8. The number of rotatable bonds is 6.